The lowest BCUT2D eigenvalue weighted by molar-refractivity contribution is 0.381. The standard InChI is InChI=1S/C12H16/c1-7-3-11-9-5-8(2)10(6-9)12(11)4-7/h3,5,9-12H,4,6H2,1-2H3. The van der Waals surface area contributed by atoms with Gasteiger partial charge in [0.15, 0.2) is 0 Å². The van der Waals surface area contributed by atoms with Crippen LogP contribution in [0.25, 0.3) is 0 Å². The number of hydrogen-bond donors (Lipinski definition) is 0. The summed E-state index contributed by atoms with van der Waals surface area (Å²) in [6.45, 7) is 4.63. The van der Waals surface area contributed by atoms with Crippen molar-refractivity contribution in [1.29, 1.82) is 0 Å². The van der Waals surface area contributed by atoms with Crippen LogP contribution in [0, 0.1) is 23.7 Å². The molecule has 3 aliphatic carbocycles. The minimum Gasteiger partial charge on any atom is -0.0816 e. The first-order valence-electron chi connectivity index (χ1n) is 5.11. The SMILES string of the molecule is CC1=CC2C3C=C(C)C(C3)C2C1. The van der Waals surface area contributed by atoms with E-state index in [0.717, 1.165) is 23.7 Å². The summed E-state index contributed by atoms with van der Waals surface area (Å²) in [7, 11) is 0. The molecule has 0 amide bonds. The monoisotopic (exact) mass is 160 g/mol. The zero-order valence-electron chi connectivity index (χ0n) is 7.88. The van der Waals surface area contributed by atoms with E-state index in [1.807, 2.05) is 0 Å². The van der Waals surface area contributed by atoms with E-state index < -0.39 is 0 Å². The molecular weight excluding hydrogens is 144 g/mol. The fraction of sp³-hybridized carbons (Fsp3) is 0.667. The second kappa shape index (κ2) is 2.04. The third kappa shape index (κ3) is 0.688. The van der Waals surface area contributed by atoms with Crippen molar-refractivity contribution in [3.8, 4) is 0 Å². The van der Waals surface area contributed by atoms with E-state index in [0.29, 0.717) is 0 Å². The highest BCUT2D eigenvalue weighted by molar-refractivity contribution is 5.29. The molecule has 12 heavy (non-hydrogen) atoms. The molecule has 64 valence electrons. The fourth-order valence-electron chi connectivity index (χ4n) is 3.67. The first kappa shape index (κ1) is 6.94. The predicted molar refractivity (Wildman–Crippen MR) is 50.7 cm³/mol. The van der Waals surface area contributed by atoms with Gasteiger partial charge in [-0.2, -0.15) is 0 Å². The molecule has 0 heterocycles. The van der Waals surface area contributed by atoms with Crippen LogP contribution in [0.5, 0.6) is 0 Å². The number of hydrogen-bond acceptors (Lipinski definition) is 0. The van der Waals surface area contributed by atoms with E-state index in [1.165, 1.54) is 12.8 Å². The topological polar surface area (TPSA) is 0 Å². The Kier molecular flexibility index (Phi) is 1.18. The summed E-state index contributed by atoms with van der Waals surface area (Å²) in [5.41, 5.74) is 3.33. The van der Waals surface area contributed by atoms with Gasteiger partial charge in [-0.25, -0.2) is 0 Å². The summed E-state index contributed by atoms with van der Waals surface area (Å²) >= 11 is 0. The van der Waals surface area contributed by atoms with Crippen LogP contribution in [0.2, 0.25) is 0 Å². The summed E-state index contributed by atoms with van der Waals surface area (Å²) in [4.78, 5) is 0. The maximum absolute atomic E-state index is 2.54. The van der Waals surface area contributed by atoms with E-state index in [1.54, 1.807) is 11.1 Å². The molecule has 1 fully saturated rings. The molecule has 0 aromatic heterocycles. The van der Waals surface area contributed by atoms with Crippen molar-refractivity contribution in [1.82, 2.24) is 0 Å². The third-order valence-electron chi connectivity index (χ3n) is 4.13. The van der Waals surface area contributed by atoms with Crippen molar-refractivity contribution >= 4 is 0 Å². The number of fused-ring (bicyclic) bond motifs is 5. The lowest BCUT2D eigenvalue weighted by atomic mass is 9.82. The molecule has 3 rings (SSSR count). The van der Waals surface area contributed by atoms with Crippen LogP contribution in [-0.2, 0) is 0 Å². The van der Waals surface area contributed by atoms with Gasteiger partial charge in [-0.15, -0.1) is 0 Å². The Morgan fingerprint density at radius 1 is 1.25 bits per heavy atom. The molecule has 0 aromatic rings. The first-order chi connectivity index (χ1) is 5.75. The second-order valence-corrected chi connectivity index (χ2v) is 4.88. The molecule has 0 aliphatic heterocycles. The van der Waals surface area contributed by atoms with Crippen LogP contribution < -0.4 is 0 Å². The van der Waals surface area contributed by atoms with E-state index in [-0.39, 0.29) is 0 Å². The molecule has 0 aromatic carbocycles. The van der Waals surface area contributed by atoms with Gasteiger partial charge < -0.3 is 0 Å². The van der Waals surface area contributed by atoms with Crippen LogP contribution in [0.3, 0.4) is 0 Å². The van der Waals surface area contributed by atoms with Gasteiger partial charge in [0.05, 0.1) is 0 Å². The van der Waals surface area contributed by atoms with Gasteiger partial charge in [0.25, 0.3) is 0 Å². The Balaban J connectivity index is 1.99. The summed E-state index contributed by atoms with van der Waals surface area (Å²) in [6.07, 6.45) is 7.92. The van der Waals surface area contributed by atoms with Gasteiger partial charge in [0.1, 0.15) is 0 Å². The highest BCUT2D eigenvalue weighted by atomic mass is 14.5. The van der Waals surface area contributed by atoms with Gasteiger partial charge >= 0.3 is 0 Å². The molecule has 0 heteroatoms. The predicted octanol–water partition coefficient (Wildman–Crippen LogP) is 3.16. The lowest BCUT2D eigenvalue weighted by Crippen LogP contribution is -2.15. The lowest BCUT2D eigenvalue weighted by Gasteiger charge is -2.23. The molecule has 4 atom stereocenters. The normalized spacial score (nSPS) is 49.2. The first-order valence-corrected chi connectivity index (χ1v) is 5.11. The second-order valence-electron chi connectivity index (χ2n) is 4.88. The Bertz CT molecular complexity index is 282. The zero-order chi connectivity index (χ0) is 8.29. The Labute approximate surface area is 74.4 Å². The van der Waals surface area contributed by atoms with Crippen LogP contribution >= 0.6 is 0 Å². The molecule has 1 saturated carbocycles. The Morgan fingerprint density at radius 2 is 2.08 bits per heavy atom. The van der Waals surface area contributed by atoms with E-state index >= 15 is 0 Å². The fourth-order valence-corrected chi connectivity index (χ4v) is 3.67. The molecule has 0 spiro atoms. The van der Waals surface area contributed by atoms with Gasteiger partial charge in [-0.1, -0.05) is 23.3 Å². The highest BCUT2D eigenvalue weighted by Gasteiger charge is 2.47. The van der Waals surface area contributed by atoms with Crippen molar-refractivity contribution in [2.45, 2.75) is 26.7 Å². The molecule has 0 radical (unpaired) electrons. The van der Waals surface area contributed by atoms with Crippen molar-refractivity contribution in [3.05, 3.63) is 23.3 Å². The van der Waals surface area contributed by atoms with Crippen molar-refractivity contribution in [2.24, 2.45) is 23.7 Å². The molecule has 0 nitrogen and oxygen atoms in total. The van der Waals surface area contributed by atoms with Gasteiger partial charge in [0.2, 0.25) is 0 Å². The minimum absolute atomic E-state index is 0.914. The third-order valence-corrected chi connectivity index (χ3v) is 4.13. The Morgan fingerprint density at radius 3 is 2.92 bits per heavy atom. The summed E-state index contributed by atoms with van der Waals surface area (Å²) < 4.78 is 0. The van der Waals surface area contributed by atoms with Gasteiger partial charge in [0, 0.05) is 0 Å². The Hall–Kier alpha value is -0.520. The summed E-state index contributed by atoms with van der Waals surface area (Å²) in [5.74, 6) is 3.80. The minimum atomic E-state index is 0.914. The molecular formula is C12H16. The van der Waals surface area contributed by atoms with Crippen LogP contribution in [-0.4, -0.2) is 0 Å². The van der Waals surface area contributed by atoms with Crippen LogP contribution in [0.4, 0.5) is 0 Å². The van der Waals surface area contributed by atoms with Crippen molar-refractivity contribution in [3.63, 3.8) is 0 Å². The van der Waals surface area contributed by atoms with Crippen molar-refractivity contribution in [2.75, 3.05) is 0 Å². The molecule has 0 N–H and O–H groups in total. The zero-order valence-corrected chi connectivity index (χ0v) is 7.88. The van der Waals surface area contributed by atoms with E-state index in [9.17, 15) is 0 Å². The largest absolute Gasteiger partial charge is 0.0816 e. The quantitative estimate of drug-likeness (QED) is 0.477. The molecule has 2 bridgehead atoms. The van der Waals surface area contributed by atoms with E-state index in [4.69, 9.17) is 0 Å². The number of rotatable bonds is 0. The van der Waals surface area contributed by atoms with Crippen LogP contribution in [0.15, 0.2) is 23.3 Å². The summed E-state index contributed by atoms with van der Waals surface area (Å²) in [5, 5.41) is 0. The average Bonchev–Trinajstić information content (AvgIpc) is 2.57. The van der Waals surface area contributed by atoms with Gasteiger partial charge in [-0.05, 0) is 50.4 Å². The smallest absolute Gasteiger partial charge is 0.0130 e. The maximum Gasteiger partial charge on any atom is -0.0130 e. The van der Waals surface area contributed by atoms with E-state index in [2.05, 4.69) is 26.0 Å². The van der Waals surface area contributed by atoms with Gasteiger partial charge in [-0.3, -0.25) is 0 Å². The highest BCUT2D eigenvalue weighted by Crippen LogP contribution is 2.56. The number of allylic oxidation sites excluding steroid dienone is 4. The molecule has 0 saturated heterocycles. The maximum atomic E-state index is 2.54. The average molecular weight is 160 g/mol. The summed E-state index contributed by atoms with van der Waals surface area (Å²) in [6, 6.07) is 0. The van der Waals surface area contributed by atoms with Crippen molar-refractivity contribution < 1.29 is 0 Å². The molecule has 4 unspecified atom stereocenters. The molecule has 3 aliphatic rings. The van der Waals surface area contributed by atoms with Crippen LogP contribution in [0.1, 0.15) is 26.7 Å².